The van der Waals surface area contributed by atoms with Gasteiger partial charge in [-0.3, -0.25) is 0 Å². The highest BCUT2D eigenvalue weighted by atomic mass is 28.3. The molecule has 1 heteroatoms. The Bertz CT molecular complexity index is 268. The second kappa shape index (κ2) is 3.13. The largest absolute Gasteiger partial charge is 0.120 e. The van der Waals surface area contributed by atoms with Crippen LogP contribution in [0.2, 0.25) is 24.7 Å². The molecule has 14 heavy (non-hydrogen) atoms. The zero-order valence-corrected chi connectivity index (χ0v) is 10.8. The first-order chi connectivity index (χ1) is 6.51. The van der Waals surface area contributed by atoms with Gasteiger partial charge in [-0.2, -0.15) is 0 Å². The molecule has 3 unspecified atom stereocenters. The van der Waals surface area contributed by atoms with Crippen molar-refractivity contribution in [3.05, 3.63) is 0 Å². The maximum absolute atomic E-state index is 5.45. The van der Waals surface area contributed by atoms with E-state index in [1.54, 1.807) is 0 Å². The molecule has 0 N–H and O–H groups in total. The first kappa shape index (κ1) is 10.3. The lowest BCUT2D eigenvalue weighted by atomic mass is 9.86. The van der Waals surface area contributed by atoms with Crippen molar-refractivity contribution in [3.8, 4) is 12.3 Å². The molecule has 0 aromatic rings. The molecule has 0 amide bonds. The van der Waals surface area contributed by atoms with E-state index in [-0.39, 0.29) is 0 Å². The van der Waals surface area contributed by atoms with Crippen molar-refractivity contribution in [2.45, 2.75) is 56.8 Å². The molecule has 0 nitrogen and oxygen atoms in total. The van der Waals surface area contributed by atoms with Crippen LogP contribution in [0.1, 0.15) is 32.1 Å². The third-order valence-electron chi connectivity index (χ3n) is 4.77. The first-order valence-electron chi connectivity index (χ1n) is 5.95. The van der Waals surface area contributed by atoms with E-state index < -0.39 is 8.07 Å². The van der Waals surface area contributed by atoms with E-state index in [2.05, 4.69) is 25.6 Å². The van der Waals surface area contributed by atoms with Crippen LogP contribution in [0, 0.1) is 24.2 Å². The van der Waals surface area contributed by atoms with Crippen LogP contribution in [0.3, 0.4) is 0 Å². The normalized spacial score (nSPS) is 41.3. The minimum absolute atomic E-state index is 0.798. The predicted octanol–water partition coefficient (Wildman–Crippen LogP) is 3.91. The SMILES string of the molecule is C#CCC1CCCC2([Si](C)(C)C)CC12. The minimum Gasteiger partial charge on any atom is -0.120 e. The van der Waals surface area contributed by atoms with Gasteiger partial charge in [0, 0.05) is 6.42 Å². The summed E-state index contributed by atoms with van der Waals surface area (Å²) in [5.41, 5.74) is 0. The van der Waals surface area contributed by atoms with E-state index in [9.17, 15) is 0 Å². The summed E-state index contributed by atoms with van der Waals surface area (Å²) >= 11 is 0. The summed E-state index contributed by atoms with van der Waals surface area (Å²) in [6, 6.07) is 0. The highest BCUT2D eigenvalue weighted by Gasteiger charge is 2.64. The van der Waals surface area contributed by atoms with Crippen LogP contribution in [0.25, 0.3) is 0 Å². The average Bonchev–Trinajstić information content (AvgIpc) is 2.80. The lowest BCUT2D eigenvalue weighted by molar-refractivity contribution is 0.344. The molecule has 0 aromatic heterocycles. The Morgan fingerprint density at radius 2 is 2.14 bits per heavy atom. The van der Waals surface area contributed by atoms with Crippen LogP contribution in [0.15, 0.2) is 0 Å². The van der Waals surface area contributed by atoms with Gasteiger partial charge in [-0.25, -0.2) is 0 Å². The van der Waals surface area contributed by atoms with Crippen LogP contribution in [-0.4, -0.2) is 8.07 Å². The highest BCUT2D eigenvalue weighted by Crippen LogP contribution is 2.74. The predicted molar refractivity (Wildman–Crippen MR) is 64.9 cm³/mol. The van der Waals surface area contributed by atoms with E-state index in [0.717, 1.165) is 23.3 Å². The van der Waals surface area contributed by atoms with Crippen LogP contribution >= 0.6 is 0 Å². The van der Waals surface area contributed by atoms with Crippen molar-refractivity contribution >= 4 is 8.07 Å². The van der Waals surface area contributed by atoms with Gasteiger partial charge >= 0.3 is 0 Å². The number of terminal acetylenes is 1. The summed E-state index contributed by atoms with van der Waals surface area (Å²) in [6.07, 6.45) is 12.4. The van der Waals surface area contributed by atoms with Crippen molar-refractivity contribution in [1.82, 2.24) is 0 Å². The van der Waals surface area contributed by atoms with Crippen LogP contribution in [-0.2, 0) is 0 Å². The van der Waals surface area contributed by atoms with E-state index in [1.807, 2.05) is 0 Å². The molecule has 0 aromatic carbocycles. The number of fused-ring (bicyclic) bond motifs is 1. The fraction of sp³-hybridized carbons (Fsp3) is 0.846. The van der Waals surface area contributed by atoms with Crippen molar-refractivity contribution in [2.24, 2.45) is 11.8 Å². The zero-order chi connectivity index (χ0) is 10.4. The second-order valence-corrected chi connectivity index (χ2v) is 11.8. The molecular weight excluding hydrogens is 184 g/mol. The standard InChI is InChI=1S/C13H22Si/c1-5-7-11-8-6-9-13(10-12(11)13)14(2,3)4/h1,11-12H,6-10H2,2-4H3. The van der Waals surface area contributed by atoms with Gasteiger partial charge < -0.3 is 0 Å². The van der Waals surface area contributed by atoms with E-state index >= 15 is 0 Å². The fourth-order valence-corrected chi connectivity index (χ4v) is 6.86. The Labute approximate surface area is 89.5 Å². The number of hydrogen-bond acceptors (Lipinski definition) is 0. The van der Waals surface area contributed by atoms with Gasteiger partial charge in [0.05, 0.1) is 8.07 Å². The highest BCUT2D eigenvalue weighted by molar-refractivity contribution is 6.80. The van der Waals surface area contributed by atoms with Crippen molar-refractivity contribution in [3.63, 3.8) is 0 Å². The molecule has 2 saturated carbocycles. The van der Waals surface area contributed by atoms with Gasteiger partial charge in [0.2, 0.25) is 0 Å². The molecule has 3 atom stereocenters. The van der Waals surface area contributed by atoms with Crippen LogP contribution in [0.4, 0.5) is 0 Å². The molecule has 2 rings (SSSR count). The Morgan fingerprint density at radius 1 is 1.43 bits per heavy atom. The van der Waals surface area contributed by atoms with E-state index in [1.165, 1.54) is 25.7 Å². The maximum atomic E-state index is 5.45. The topological polar surface area (TPSA) is 0 Å². The van der Waals surface area contributed by atoms with Gasteiger partial charge in [0.25, 0.3) is 0 Å². The maximum Gasteiger partial charge on any atom is 0.0509 e. The van der Waals surface area contributed by atoms with Gasteiger partial charge in [-0.05, 0) is 36.1 Å². The minimum atomic E-state index is -0.946. The number of rotatable bonds is 2. The van der Waals surface area contributed by atoms with Gasteiger partial charge in [0.15, 0.2) is 0 Å². The number of hydrogen-bond donors (Lipinski definition) is 0. The Kier molecular flexibility index (Phi) is 2.31. The van der Waals surface area contributed by atoms with E-state index in [4.69, 9.17) is 6.42 Å². The lowest BCUT2D eigenvalue weighted by Gasteiger charge is -2.36. The summed E-state index contributed by atoms with van der Waals surface area (Å²) < 4.78 is 0. The van der Waals surface area contributed by atoms with Crippen LogP contribution < -0.4 is 0 Å². The molecule has 0 saturated heterocycles. The molecule has 2 aliphatic carbocycles. The monoisotopic (exact) mass is 206 g/mol. The Morgan fingerprint density at radius 3 is 2.71 bits per heavy atom. The summed E-state index contributed by atoms with van der Waals surface area (Å²) in [4.78, 5) is 0. The average molecular weight is 206 g/mol. The van der Waals surface area contributed by atoms with Crippen molar-refractivity contribution in [1.29, 1.82) is 0 Å². The Balaban J connectivity index is 2.11. The molecule has 2 fully saturated rings. The van der Waals surface area contributed by atoms with Gasteiger partial charge in [-0.15, -0.1) is 12.3 Å². The third kappa shape index (κ3) is 1.35. The smallest absolute Gasteiger partial charge is 0.0509 e. The van der Waals surface area contributed by atoms with Gasteiger partial charge in [0.1, 0.15) is 0 Å². The molecule has 0 heterocycles. The first-order valence-corrected chi connectivity index (χ1v) is 9.45. The quantitative estimate of drug-likeness (QED) is 0.475. The fourth-order valence-electron chi connectivity index (χ4n) is 3.75. The lowest BCUT2D eigenvalue weighted by Crippen LogP contribution is -2.34. The molecule has 2 aliphatic rings. The van der Waals surface area contributed by atoms with Crippen LogP contribution in [0.5, 0.6) is 0 Å². The molecule has 0 bridgehead atoms. The summed E-state index contributed by atoms with van der Waals surface area (Å²) in [6.45, 7) is 7.64. The summed E-state index contributed by atoms with van der Waals surface area (Å²) in [5.74, 6) is 4.77. The zero-order valence-electron chi connectivity index (χ0n) is 9.77. The molecule has 0 spiro atoms. The summed E-state index contributed by atoms with van der Waals surface area (Å²) in [5, 5.41) is 0.798. The summed E-state index contributed by atoms with van der Waals surface area (Å²) in [7, 11) is -0.946. The molecule has 78 valence electrons. The second-order valence-electron chi connectivity index (χ2n) is 6.28. The molecule has 0 radical (unpaired) electrons. The van der Waals surface area contributed by atoms with E-state index in [0.29, 0.717) is 0 Å². The molecule has 0 aliphatic heterocycles. The Hall–Kier alpha value is -0.223. The van der Waals surface area contributed by atoms with Crippen molar-refractivity contribution in [2.75, 3.05) is 0 Å². The third-order valence-corrected chi connectivity index (χ3v) is 8.59. The molecular formula is C13H22Si. The van der Waals surface area contributed by atoms with Gasteiger partial charge in [-0.1, -0.05) is 26.1 Å². The van der Waals surface area contributed by atoms with Crippen molar-refractivity contribution < 1.29 is 0 Å².